The molecule has 0 spiro atoms. The Labute approximate surface area is 110 Å². The molecule has 0 aromatic carbocycles. The third-order valence-electron chi connectivity index (χ3n) is 2.29. The van der Waals surface area contributed by atoms with Gasteiger partial charge in [-0.25, -0.2) is 4.98 Å². The molecule has 0 radical (unpaired) electrons. The minimum atomic E-state index is -0.316. The second-order valence-corrected chi connectivity index (χ2v) is 5.24. The number of nitrogens with one attached hydrogen (secondary N) is 2. The highest BCUT2D eigenvalue weighted by Crippen LogP contribution is 2.22. The van der Waals surface area contributed by atoms with Crippen LogP contribution in [0.25, 0.3) is 0 Å². The Kier molecular flexibility index (Phi) is 5.24. The molecule has 6 nitrogen and oxygen atoms in total. The van der Waals surface area contributed by atoms with E-state index in [1.54, 1.807) is 0 Å². The first kappa shape index (κ1) is 14.6. The standard InChI is InChI=1S/C11H18N4O2S/c1-6(2)10(12)11-13-8(5-18-11)4-9(17)15-14-7(3)16/h5-6,10H,4,12H2,1-3H3,(H,14,16)(H,15,17). The van der Waals surface area contributed by atoms with Crippen LogP contribution >= 0.6 is 11.3 Å². The molecule has 0 aliphatic rings. The van der Waals surface area contributed by atoms with E-state index in [9.17, 15) is 9.59 Å². The highest BCUT2D eigenvalue weighted by atomic mass is 32.1. The van der Waals surface area contributed by atoms with Crippen LogP contribution in [-0.2, 0) is 16.0 Å². The van der Waals surface area contributed by atoms with Crippen LogP contribution < -0.4 is 16.6 Å². The third kappa shape index (κ3) is 4.42. The van der Waals surface area contributed by atoms with E-state index < -0.39 is 0 Å². The predicted molar refractivity (Wildman–Crippen MR) is 69.5 cm³/mol. The lowest BCUT2D eigenvalue weighted by molar-refractivity contribution is -0.127. The quantitative estimate of drug-likeness (QED) is 0.694. The number of rotatable bonds is 4. The Morgan fingerprint density at radius 2 is 2.11 bits per heavy atom. The Hall–Kier alpha value is -1.47. The number of thiazole rings is 1. The largest absolute Gasteiger partial charge is 0.322 e. The molecule has 0 fully saturated rings. The van der Waals surface area contributed by atoms with Gasteiger partial charge in [0.1, 0.15) is 5.01 Å². The average molecular weight is 270 g/mol. The molecule has 18 heavy (non-hydrogen) atoms. The third-order valence-corrected chi connectivity index (χ3v) is 3.29. The maximum absolute atomic E-state index is 11.4. The average Bonchev–Trinajstić information content (AvgIpc) is 2.73. The van der Waals surface area contributed by atoms with E-state index >= 15 is 0 Å². The van der Waals surface area contributed by atoms with E-state index in [0.29, 0.717) is 11.6 Å². The van der Waals surface area contributed by atoms with Crippen LogP contribution in [-0.4, -0.2) is 16.8 Å². The van der Waals surface area contributed by atoms with Crippen LogP contribution in [0.3, 0.4) is 0 Å². The van der Waals surface area contributed by atoms with Crippen molar-refractivity contribution in [2.45, 2.75) is 33.2 Å². The first-order chi connectivity index (χ1) is 8.40. The smallest absolute Gasteiger partial charge is 0.244 e. The van der Waals surface area contributed by atoms with Gasteiger partial charge in [-0.3, -0.25) is 20.4 Å². The van der Waals surface area contributed by atoms with Gasteiger partial charge >= 0.3 is 0 Å². The van der Waals surface area contributed by atoms with Crippen LogP contribution in [0.4, 0.5) is 0 Å². The minimum Gasteiger partial charge on any atom is -0.322 e. The SMILES string of the molecule is CC(=O)NNC(=O)Cc1csc(C(N)C(C)C)n1. The molecular formula is C11H18N4O2S. The fraction of sp³-hybridized carbons (Fsp3) is 0.545. The van der Waals surface area contributed by atoms with Crippen LogP contribution in [0.5, 0.6) is 0 Å². The van der Waals surface area contributed by atoms with Crippen molar-refractivity contribution >= 4 is 23.2 Å². The molecule has 0 aliphatic heterocycles. The molecular weight excluding hydrogens is 252 g/mol. The summed E-state index contributed by atoms with van der Waals surface area (Å²) in [6, 6.07) is -0.109. The second kappa shape index (κ2) is 6.46. The first-order valence-corrected chi connectivity index (χ1v) is 6.53. The van der Waals surface area contributed by atoms with Crippen molar-refractivity contribution in [1.82, 2.24) is 15.8 Å². The van der Waals surface area contributed by atoms with Crippen molar-refractivity contribution in [3.05, 3.63) is 16.1 Å². The van der Waals surface area contributed by atoms with Gasteiger partial charge in [0, 0.05) is 12.3 Å². The molecule has 1 heterocycles. The number of hydrazine groups is 1. The highest BCUT2D eigenvalue weighted by molar-refractivity contribution is 7.09. The number of amides is 2. The van der Waals surface area contributed by atoms with Crippen LogP contribution in [0.1, 0.15) is 37.5 Å². The van der Waals surface area contributed by atoms with Gasteiger partial charge in [-0.1, -0.05) is 13.8 Å². The zero-order valence-electron chi connectivity index (χ0n) is 10.7. The molecule has 0 bridgehead atoms. The second-order valence-electron chi connectivity index (χ2n) is 4.35. The first-order valence-electron chi connectivity index (χ1n) is 5.65. The molecule has 1 aromatic rings. The Morgan fingerprint density at radius 1 is 1.44 bits per heavy atom. The van der Waals surface area contributed by atoms with Gasteiger partial charge in [-0.05, 0) is 5.92 Å². The van der Waals surface area contributed by atoms with Gasteiger partial charge in [-0.2, -0.15) is 0 Å². The number of hydrogen-bond acceptors (Lipinski definition) is 5. The summed E-state index contributed by atoms with van der Waals surface area (Å²) in [6.45, 7) is 5.37. The summed E-state index contributed by atoms with van der Waals surface area (Å²) < 4.78 is 0. The van der Waals surface area contributed by atoms with Crippen LogP contribution in [0.2, 0.25) is 0 Å². The van der Waals surface area contributed by atoms with Crippen molar-refractivity contribution in [1.29, 1.82) is 0 Å². The van der Waals surface area contributed by atoms with Crippen molar-refractivity contribution in [2.75, 3.05) is 0 Å². The zero-order valence-corrected chi connectivity index (χ0v) is 11.5. The van der Waals surface area contributed by atoms with E-state index in [2.05, 4.69) is 15.8 Å². The fourth-order valence-electron chi connectivity index (χ4n) is 1.21. The minimum absolute atomic E-state index is 0.109. The fourth-order valence-corrected chi connectivity index (χ4v) is 2.20. The van der Waals surface area contributed by atoms with Crippen molar-refractivity contribution in [3.8, 4) is 0 Å². The molecule has 2 amide bonds. The molecule has 1 unspecified atom stereocenters. The van der Waals surface area contributed by atoms with E-state index in [-0.39, 0.29) is 24.3 Å². The summed E-state index contributed by atoms with van der Waals surface area (Å²) in [6.07, 6.45) is 0.127. The summed E-state index contributed by atoms with van der Waals surface area (Å²) in [5, 5.41) is 2.64. The number of nitrogens with zero attached hydrogens (tertiary/aromatic N) is 1. The van der Waals surface area contributed by atoms with Crippen LogP contribution in [0, 0.1) is 5.92 Å². The van der Waals surface area contributed by atoms with E-state index in [1.807, 2.05) is 19.2 Å². The summed E-state index contributed by atoms with van der Waals surface area (Å²) in [7, 11) is 0. The van der Waals surface area contributed by atoms with E-state index in [0.717, 1.165) is 5.01 Å². The van der Waals surface area contributed by atoms with Crippen molar-refractivity contribution in [2.24, 2.45) is 11.7 Å². The predicted octanol–water partition coefficient (Wildman–Crippen LogP) is 0.509. The van der Waals surface area contributed by atoms with Crippen molar-refractivity contribution in [3.63, 3.8) is 0 Å². The lowest BCUT2D eigenvalue weighted by atomic mass is 10.1. The summed E-state index contributed by atoms with van der Waals surface area (Å²) >= 11 is 1.45. The number of carbonyl (C=O) groups excluding carboxylic acids is 2. The molecule has 1 aromatic heterocycles. The van der Waals surface area contributed by atoms with E-state index in [4.69, 9.17) is 5.73 Å². The lowest BCUT2D eigenvalue weighted by Gasteiger charge is -2.11. The molecule has 1 atom stereocenters. The van der Waals surface area contributed by atoms with Gasteiger partial charge < -0.3 is 5.73 Å². The Balaban J connectivity index is 2.53. The maximum atomic E-state index is 11.4. The number of aromatic nitrogens is 1. The Bertz CT molecular complexity index is 430. The number of nitrogens with two attached hydrogens (primary N) is 1. The van der Waals surface area contributed by atoms with Gasteiger partial charge in [-0.15, -0.1) is 11.3 Å². The molecule has 100 valence electrons. The molecule has 0 saturated heterocycles. The normalized spacial score (nSPS) is 12.3. The molecule has 0 saturated carbocycles. The molecule has 1 rings (SSSR count). The zero-order chi connectivity index (χ0) is 13.7. The van der Waals surface area contributed by atoms with Gasteiger partial charge in [0.15, 0.2) is 0 Å². The maximum Gasteiger partial charge on any atom is 0.244 e. The van der Waals surface area contributed by atoms with E-state index in [1.165, 1.54) is 18.3 Å². The molecule has 4 N–H and O–H groups in total. The molecule has 0 aliphatic carbocycles. The highest BCUT2D eigenvalue weighted by Gasteiger charge is 2.15. The van der Waals surface area contributed by atoms with Crippen molar-refractivity contribution < 1.29 is 9.59 Å². The molecule has 7 heteroatoms. The Morgan fingerprint density at radius 3 is 2.67 bits per heavy atom. The number of carbonyl (C=O) groups is 2. The van der Waals surface area contributed by atoms with Crippen LogP contribution in [0.15, 0.2) is 5.38 Å². The van der Waals surface area contributed by atoms with Gasteiger partial charge in [0.25, 0.3) is 0 Å². The summed E-state index contributed by atoms with van der Waals surface area (Å²) in [5.74, 6) is -0.318. The lowest BCUT2D eigenvalue weighted by Crippen LogP contribution is -2.41. The van der Waals surface area contributed by atoms with Gasteiger partial charge in [0.05, 0.1) is 18.2 Å². The summed E-state index contributed by atoms with van der Waals surface area (Å²) in [5.41, 5.74) is 11.1. The summed E-state index contributed by atoms with van der Waals surface area (Å²) in [4.78, 5) is 26.4. The topological polar surface area (TPSA) is 97.1 Å². The number of hydrogen-bond donors (Lipinski definition) is 3. The monoisotopic (exact) mass is 270 g/mol. The van der Waals surface area contributed by atoms with Gasteiger partial charge in [0.2, 0.25) is 11.8 Å².